The summed E-state index contributed by atoms with van der Waals surface area (Å²) in [6.45, 7) is 10.1. The molecule has 0 bridgehead atoms. The van der Waals surface area contributed by atoms with Crippen LogP contribution in [0.1, 0.15) is 59.3 Å². The van der Waals surface area contributed by atoms with Crippen molar-refractivity contribution in [2.75, 3.05) is 33.0 Å². The minimum atomic E-state index is 0.0188. The van der Waals surface area contributed by atoms with Crippen molar-refractivity contribution in [2.45, 2.75) is 77.6 Å². The fourth-order valence-corrected chi connectivity index (χ4v) is 2.34. The van der Waals surface area contributed by atoms with E-state index >= 15 is 0 Å². The topological polar surface area (TPSA) is 36.9 Å². The van der Waals surface area contributed by atoms with Gasteiger partial charge in [0.2, 0.25) is 0 Å². The third kappa shape index (κ3) is 7.59. The lowest BCUT2D eigenvalue weighted by molar-refractivity contribution is -0.0795. The quantitative estimate of drug-likeness (QED) is 0.487. The zero-order valence-electron chi connectivity index (χ0n) is 14.1. The predicted molar refractivity (Wildman–Crippen MR) is 84.8 cm³/mol. The van der Waals surface area contributed by atoms with Crippen molar-refractivity contribution < 1.29 is 18.9 Å². The number of ether oxygens (including phenoxy) is 4. The van der Waals surface area contributed by atoms with Crippen LogP contribution in [0.4, 0.5) is 0 Å². The Hall–Kier alpha value is -0.160. The van der Waals surface area contributed by atoms with Crippen LogP contribution < -0.4 is 0 Å². The highest BCUT2D eigenvalue weighted by Crippen LogP contribution is 2.22. The fraction of sp³-hybridized carbons (Fsp3) is 1.00. The minimum absolute atomic E-state index is 0.0188. The van der Waals surface area contributed by atoms with Crippen LogP contribution in [0.5, 0.6) is 0 Å². The molecule has 1 saturated heterocycles. The maximum Gasteiger partial charge on any atom is 0.114 e. The van der Waals surface area contributed by atoms with Gasteiger partial charge >= 0.3 is 0 Å². The van der Waals surface area contributed by atoms with Crippen molar-refractivity contribution in [3.63, 3.8) is 0 Å². The van der Waals surface area contributed by atoms with Crippen molar-refractivity contribution in [2.24, 2.45) is 0 Å². The zero-order chi connectivity index (χ0) is 15.3. The molecule has 0 aromatic rings. The summed E-state index contributed by atoms with van der Waals surface area (Å²) >= 11 is 0. The summed E-state index contributed by atoms with van der Waals surface area (Å²) in [6, 6.07) is 0. The highest BCUT2D eigenvalue weighted by Gasteiger charge is 2.38. The van der Waals surface area contributed by atoms with Crippen LogP contribution >= 0.6 is 0 Å². The van der Waals surface area contributed by atoms with E-state index in [1.54, 1.807) is 0 Å². The molecule has 4 heteroatoms. The molecule has 1 heterocycles. The van der Waals surface area contributed by atoms with Crippen LogP contribution in [0.2, 0.25) is 0 Å². The lowest BCUT2D eigenvalue weighted by Gasteiger charge is -2.23. The van der Waals surface area contributed by atoms with Crippen LogP contribution in [0.3, 0.4) is 0 Å². The highest BCUT2D eigenvalue weighted by atomic mass is 16.6. The number of unbranched alkanes of at least 4 members (excludes halogenated alkanes) is 3. The van der Waals surface area contributed by atoms with Crippen LogP contribution in [0.25, 0.3) is 0 Å². The normalized spacial score (nSPS) is 25.6. The fourth-order valence-electron chi connectivity index (χ4n) is 2.34. The van der Waals surface area contributed by atoms with Crippen molar-refractivity contribution >= 4 is 0 Å². The van der Waals surface area contributed by atoms with Gasteiger partial charge in [-0.1, -0.05) is 40.0 Å². The molecule has 0 aromatic carbocycles. The van der Waals surface area contributed by atoms with Crippen LogP contribution in [-0.2, 0) is 18.9 Å². The van der Waals surface area contributed by atoms with Gasteiger partial charge in [0.1, 0.15) is 18.3 Å². The highest BCUT2D eigenvalue weighted by molar-refractivity contribution is 4.86. The van der Waals surface area contributed by atoms with E-state index in [2.05, 4.69) is 20.8 Å². The van der Waals surface area contributed by atoms with Gasteiger partial charge in [0.15, 0.2) is 0 Å². The number of hydrogen-bond acceptors (Lipinski definition) is 4. The molecule has 1 rings (SSSR count). The molecule has 3 atom stereocenters. The number of rotatable bonds is 13. The van der Waals surface area contributed by atoms with Gasteiger partial charge < -0.3 is 18.9 Å². The minimum Gasteiger partial charge on any atom is -0.379 e. The Morgan fingerprint density at radius 1 is 0.857 bits per heavy atom. The Balaban J connectivity index is 2.36. The molecule has 0 spiro atoms. The Labute approximate surface area is 130 Å². The van der Waals surface area contributed by atoms with Gasteiger partial charge in [0.25, 0.3) is 0 Å². The Morgan fingerprint density at radius 2 is 1.48 bits per heavy atom. The van der Waals surface area contributed by atoms with Crippen molar-refractivity contribution in [3.05, 3.63) is 0 Å². The Kier molecular flexibility index (Phi) is 11.1. The van der Waals surface area contributed by atoms with Crippen LogP contribution in [0, 0.1) is 0 Å². The second-order valence-corrected chi connectivity index (χ2v) is 5.75. The molecule has 21 heavy (non-hydrogen) atoms. The van der Waals surface area contributed by atoms with Crippen molar-refractivity contribution in [3.8, 4) is 0 Å². The summed E-state index contributed by atoms with van der Waals surface area (Å²) in [5.74, 6) is 0. The summed E-state index contributed by atoms with van der Waals surface area (Å²) in [5, 5.41) is 0. The van der Waals surface area contributed by atoms with Gasteiger partial charge in [-0.2, -0.15) is 0 Å². The Morgan fingerprint density at radius 3 is 2.14 bits per heavy atom. The first kappa shape index (κ1) is 18.9. The van der Waals surface area contributed by atoms with Gasteiger partial charge in [0, 0.05) is 19.8 Å². The monoisotopic (exact) mass is 302 g/mol. The van der Waals surface area contributed by atoms with E-state index in [1.165, 1.54) is 0 Å². The maximum absolute atomic E-state index is 6.03. The molecule has 4 nitrogen and oxygen atoms in total. The van der Waals surface area contributed by atoms with Gasteiger partial charge in [0.05, 0.1) is 13.2 Å². The largest absolute Gasteiger partial charge is 0.379 e. The van der Waals surface area contributed by atoms with Gasteiger partial charge in [-0.05, 0) is 19.3 Å². The molecule has 2 unspecified atom stereocenters. The van der Waals surface area contributed by atoms with E-state index in [0.717, 1.165) is 58.3 Å². The third-order valence-corrected chi connectivity index (χ3v) is 3.77. The van der Waals surface area contributed by atoms with E-state index in [4.69, 9.17) is 18.9 Å². The summed E-state index contributed by atoms with van der Waals surface area (Å²) in [7, 11) is 0. The standard InChI is InChI=1S/C17H34O4/c1-4-7-10-18-13-15-17(20-12-9-6-3)16(14-21-15)19-11-8-5-2/h15-17H,4-14H2,1-3H3/t15-,16?,17?/m1/s1. The Bertz CT molecular complexity index is 235. The second-order valence-electron chi connectivity index (χ2n) is 5.75. The molecule has 0 N–H and O–H groups in total. The first-order valence-corrected chi connectivity index (χ1v) is 8.75. The zero-order valence-corrected chi connectivity index (χ0v) is 14.1. The lowest BCUT2D eigenvalue weighted by atomic mass is 10.1. The van der Waals surface area contributed by atoms with E-state index in [1.807, 2.05) is 0 Å². The molecule has 0 radical (unpaired) electrons. The van der Waals surface area contributed by atoms with Crippen LogP contribution in [-0.4, -0.2) is 51.3 Å². The van der Waals surface area contributed by atoms with E-state index in [9.17, 15) is 0 Å². The first-order chi connectivity index (χ1) is 10.3. The van der Waals surface area contributed by atoms with E-state index in [0.29, 0.717) is 13.2 Å². The first-order valence-electron chi connectivity index (χ1n) is 8.75. The summed E-state index contributed by atoms with van der Waals surface area (Å²) < 4.78 is 23.5. The molecule has 0 aromatic heterocycles. The summed E-state index contributed by atoms with van der Waals surface area (Å²) in [4.78, 5) is 0. The van der Waals surface area contributed by atoms with Gasteiger partial charge in [-0.15, -0.1) is 0 Å². The molecule has 0 saturated carbocycles. The third-order valence-electron chi connectivity index (χ3n) is 3.77. The average Bonchev–Trinajstić information content (AvgIpc) is 2.87. The van der Waals surface area contributed by atoms with Crippen molar-refractivity contribution in [1.82, 2.24) is 0 Å². The second kappa shape index (κ2) is 12.4. The molecule has 126 valence electrons. The molecular formula is C17H34O4. The molecule has 1 fully saturated rings. The number of hydrogen-bond donors (Lipinski definition) is 0. The predicted octanol–water partition coefficient (Wildman–Crippen LogP) is 3.57. The molecular weight excluding hydrogens is 268 g/mol. The smallest absolute Gasteiger partial charge is 0.114 e. The van der Waals surface area contributed by atoms with E-state index in [-0.39, 0.29) is 18.3 Å². The van der Waals surface area contributed by atoms with Gasteiger partial charge in [-0.3, -0.25) is 0 Å². The summed E-state index contributed by atoms with van der Waals surface area (Å²) in [6.07, 6.45) is 6.84. The molecule has 0 amide bonds. The maximum atomic E-state index is 6.03. The van der Waals surface area contributed by atoms with Crippen molar-refractivity contribution in [1.29, 1.82) is 0 Å². The van der Waals surface area contributed by atoms with Crippen LogP contribution in [0.15, 0.2) is 0 Å². The molecule has 0 aliphatic carbocycles. The summed E-state index contributed by atoms with van der Waals surface area (Å²) in [5.41, 5.74) is 0. The van der Waals surface area contributed by atoms with Gasteiger partial charge in [-0.25, -0.2) is 0 Å². The van der Waals surface area contributed by atoms with E-state index < -0.39 is 0 Å². The SMILES string of the molecule is CCCCOC[C@H]1OCC(OCCCC)C1OCCCC. The molecule has 1 aliphatic rings. The average molecular weight is 302 g/mol. The lowest BCUT2D eigenvalue weighted by Crippen LogP contribution is -2.38. The molecule has 1 aliphatic heterocycles.